The summed E-state index contributed by atoms with van der Waals surface area (Å²) in [6, 6.07) is 2.61. The van der Waals surface area contributed by atoms with Crippen LogP contribution in [0.4, 0.5) is 5.69 Å². The summed E-state index contributed by atoms with van der Waals surface area (Å²) in [6.07, 6.45) is 0.724. The molecular formula is C12H18N4O4. The smallest absolute Gasteiger partial charge is 0.299 e. The topological polar surface area (TPSA) is 124 Å². The lowest BCUT2D eigenvalue weighted by Gasteiger charge is -2.16. The molecule has 0 aliphatic rings. The van der Waals surface area contributed by atoms with Crippen molar-refractivity contribution < 1.29 is 14.9 Å². The Morgan fingerprint density at radius 3 is 2.70 bits per heavy atom. The lowest BCUT2D eigenvalue weighted by molar-refractivity contribution is -0.385. The van der Waals surface area contributed by atoms with Crippen LogP contribution in [0.2, 0.25) is 0 Å². The SMILES string of the molecule is CC(C)CC(C)Oc1ccc([N+](=O)[O-])c(/C(N)=N/O)n1. The molecule has 0 saturated carbocycles. The molecule has 3 N–H and O–H groups in total. The van der Waals surface area contributed by atoms with Crippen molar-refractivity contribution in [3.05, 3.63) is 27.9 Å². The molecule has 0 bridgehead atoms. The first kappa shape index (κ1) is 15.7. The van der Waals surface area contributed by atoms with Gasteiger partial charge >= 0.3 is 0 Å². The predicted octanol–water partition coefficient (Wildman–Crippen LogP) is 1.90. The standard InChI is InChI=1S/C12H18N4O4/c1-7(2)6-8(3)20-10-5-4-9(16(18)19)11(14-10)12(13)15-17/h4-5,7-8,17H,6H2,1-3H3,(H2,13,15). The van der Waals surface area contributed by atoms with Crippen LogP contribution in [0, 0.1) is 16.0 Å². The van der Waals surface area contributed by atoms with Crippen LogP contribution in [0.3, 0.4) is 0 Å². The number of nitrogens with zero attached hydrogens (tertiary/aromatic N) is 3. The van der Waals surface area contributed by atoms with Gasteiger partial charge < -0.3 is 15.7 Å². The molecule has 0 fully saturated rings. The normalized spacial score (nSPS) is 13.3. The van der Waals surface area contributed by atoms with E-state index < -0.39 is 10.8 Å². The van der Waals surface area contributed by atoms with Gasteiger partial charge in [0.2, 0.25) is 5.88 Å². The molecule has 0 aliphatic carbocycles. The average molecular weight is 282 g/mol. The molecule has 0 aliphatic heterocycles. The van der Waals surface area contributed by atoms with E-state index in [0.29, 0.717) is 5.92 Å². The number of hydrogen-bond acceptors (Lipinski definition) is 6. The number of rotatable bonds is 6. The molecule has 1 unspecified atom stereocenters. The number of nitro groups is 1. The van der Waals surface area contributed by atoms with E-state index in [1.807, 2.05) is 6.92 Å². The quantitative estimate of drug-likeness (QED) is 0.270. The predicted molar refractivity (Wildman–Crippen MR) is 72.9 cm³/mol. The Hall–Kier alpha value is -2.38. The van der Waals surface area contributed by atoms with Gasteiger partial charge in [-0.3, -0.25) is 10.1 Å². The summed E-state index contributed by atoms with van der Waals surface area (Å²) in [6.45, 7) is 6.00. The summed E-state index contributed by atoms with van der Waals surface area (Å²) < 4.78 is 5.57. The lowest BCUT2D eigenvalue weighted by Crippen LogP contribution is -2.19. The molecular weight excluding hydrogens is 264 g/mol. The zero-order chi connectivity index (χ0) is 15.3. The number of hydrogen-bond donors (Lipinski definition) is 2. The first-order chi connectivity index (χ1) is 9.35. The molecule has 8 nitrogen and oxygen atoms in total. The summed E-state index contributed by atoms with van der Waals surface area (Å²) in [5.74, 6) is 0.218. The zero-order valence-electron chi connectivity index (χ0n) is 11.6. The Morgan fingerprint density at radius 1 is 1.55 bits per heavy atom. The molecule has 8 heteroatoms. The van der Waals surface area contributed by atoms with E-state index in [4.69, 9.17) is 15.7 Å². The number of oxime groups is 1. The first-order valence-corrected chi connectivity index (χ1v) is 6.15. The molecule has 1 atom stereocenters. The monoisotopic (exact) mass is 282 g/mol. The second-order valence-electron chi connectivity index (χ2n) is 4.82. The Balaban J connectivity index is 3.04. The highest BCUT2D eigenvalue weighted by Crippen LogP contribution is 2.21. The van der Waals surface area contributed by atoms with Crippen LogP contribution in [0.5, 0.6) is 5.88 Å². The van der Waals surface area contributed by atoms with Gasteiger partial charge in [0.1, 0.15) is 0 Å². The maximum atomic E-state index is 10.9. The minimum atomic E-state index is -0.651. The van der Waals surface area contributed by atoms with E-state index in [1.54, 1.807) is 0 Å². The van der Waals surface area contributed by atoms with E-state index in [-0.39, 0.29) is 23.4 Å². The molecule has 0 aromatic carbocycles. The molecule has 110 valence electrons. The minimum absolute atomic E-state index is 0.0934. The second-order valence-corrected chi connectivity index (χ2v) is 4.82. The summed E-state index contributed by atoms with van der Waals surface area (Å²) in [5, 5.41) is 22.2. The van der Waals surface area contributed by atoms with Gasteiger partial charge in [-0.15, -0.1) is 0 Å². The van der Waals surface area contributed by atoms with Gasteiger partial charge in [0.05, 0.1) is 11.0 Å². The van der Waals surface area contributed by atoms with Crippen LogP contribution in [-0.2, 0) is 0 Å². The number of nitrogens with two attached hydrogens (primary N) is 1. The summed E-state index contributed by atoms with van der Waals surface area (Å²) in [5.41, 5.74) is 4.83. The van der Waals surface area contributed by atoms with Gasteiger partial charge in [0, 0.05) is 12.1 Å². The van der Waals surface area contributed by atoms with Crippen molar-refractivity contribution in [3.63, 3.8) is 0 Å². The van der Waals surface area contributed by atoms with Crippen molar-refractivity contribution >= 4 is 11.5 Å². The van der Waals surface area contributed by atoms with Crippen LogP contribution in [-0.4, -0.2) is 27.1 Å². The number of ether oxygens (including phenoxy) is 1. The van der Waals surface area contributed by atoms with Crippen molar-refractivity contribution in [2.24, 2.45) is 16.8 Å². The van der Waals surface area contributed by atoms with Crippen molar-refractivity contribution in [1.82, 2.24) is 4.98 Å². The maximum Gasteiger partial charge on any atom is 0.299 e. The van der Waals surface area contributed by atoms with E-state index in [9.17, 15) is 10.1 Å². The fraction of sp³-hybridized carbons (Fsp3) is 0.500. The summed E-state index contributed by atoms with van der Waals surface area (Å²) >= 11 is 0. The van der Waals surface area contributed by atoms with E-state index in [1.165, 1.54) is 12.1 Å². The second kappa shape index (κ2) is 6.69. The maximum absolute atomic E-state index is 10.9. The fourth-order valence-electron chi connectivity index (χ4n) is 1.80. The van der Waals surface area contributed by atoms with Crippen LogP contribution < -0.4 is 10.5 Å². The molecule has 1 aromatic heterocycles. The summed E-state index contributed by atoms with van der Waals surface area (Å²) in [7, 11) is 0. The van der Waals surface area contributed by atoms with E-state index in [0.717, 1.165) is 6.42 Å². The van der Waals surface area contributed by atoms with Crippen molar-refractivity contribution in [3.8, 4) is 5.88 Å². The highest BCUT2D eigenvalue weighted by atomic mass is 16.6. The Bertz CT molecular complexity index is 516. The van der Waals surface area contributed by atoms with Gasteiger partial charge in [-0.1, -0.05) is 19.0 Å². The largest absolute Gasteiger partial charge is 0.475 e. The van der Waals surface area contributed by atoms with Gasteiger partial charge in [0.25, 0.3) is 5.69 Å². The van der Waals surface area contributed by atoms with Gasteiger partial charge in [-0.25, -0.2) is 4.98 Å². The Morgan fingerprint density at radius 2 is 2.20 bits per heavy atom. The van der Waals surface area contributed by atoms with Crippen LogP contribution >= 0.6 is 0 Å². The van der Waals surface area contributed by atoms with Crippen molar-refractivity contribution in [2.45, 2.75) is 33.3 Å². The Labute approximate surface area is 116 Å². The third kappa shape index (κ3) is 4.08. The number of aromatic nitrogens is 1. The zero-order valence-corrected chi connectivity index (χ0v) is 11.6. The third-order valence-electron chi connectivity index (χ3n) is 2.52. The fourth-order valence-corrected chi connectivity index (χ4v) is 1.80. The van der Waals surface area contributed by atoms with Gasteiger partial charge in [-0.05, 0) is 19.3 Å². The molecule has 1 heterocycles. The Kier molecular flexibility index (Phi) is 5.24. The molecule has 0 radical (unpaired) electrons. The molecule has 20 heavy (non-hydrogen) atoms. The lowest BCUT2D eigenvalue weighted by atomic mass is 10.1. The highest BCUT2D eigenvalue weighted by molar-refractivity contribution is 5.98. The molecule has 0 spiro atoms. The van der Waals surface area contributed by atoms with Crippen LogP contribution in [0.15, 0.2) is 17.3 Å². The van der Waals surface area contributed by atoms with E-state index >= 15 is 0 Å². The average Bonchev–Trinajstić information content (AvgIpc) is 2.36. The summed E-state index contributed by atoms with van der Waals surface area (Å²) in [4.78, 5) is 14.1. The minimum Gasteiger partial charge on any atom is -0.475 e. The number of amidine groups is 1. The van der Waals surface area contributed by atoms with Gasteiger partial charge in [0.15, 0.2) is 11.5 Å². The molecule has 1 aromatic rings. The van der Waals surface area contributed by atoms with Gasteiger partial charge in [-0.2, -0.15) is 0 Å². The third-order valence-corrected chi connectivity index (χ3v) is 2.52. The molecule has 0 amide bonds. The molecule has 1 rings (SSSR count). The van der Waals surface area contributed by atoms with E-state index in [2.05, 4.69) is 24.0 Å². The highest BCUT2D eigenvalue weighted by Gasteiger charge is 2.21. The van der Waals surface area contributed by atoms with Crippen molar-refractivity contribution in [1.29, 1.82) is 0 Å². The number of pyridine rings is 1. The first-order valence-electron chi connectivity index (χ1n) is 6.15. The van der Waals surface area contributed by atoms with Crippen LogP contribution in [0.1, 0.15) is 32.9 Å². The van der Waals surface area contributed by atoms with Crippen LogP contribution in [0.25, 0.3) is 0 Å². The van der Waals surface area contributed by atoms with Crippen molar-refractivity contribution in [2.75, 3.05) is 0 Å². The molecule has 0 saturated heterocycles.